The van der Waals surface area contributed by atoms with E-state index in [1.165, 1.54) is 0 Å². The highest BCUT2D eigenvalue weighted by Gasteiger charge is 2.34. The van der Waals surface area contributed by atoms with E-state index in [2.05, 4.69) is 0 Å². The number of aliphatic carboxylic acids is 1. The van der Waals surface area contributed by atoms with Crippen molar-refractivity contribution in [1.29, 1.82) is 5.26 Å². The molecule has 1 saturated heterocycles. The fourth-order valence-corrected chi connectivity index (χ4v) is 4.17. The predicted molar refractivity (Wildman–Crippen MR) is 78.2 cm³/mol. The molecule has 1 heterocycles. The zero-order chi connectivity index (χ0) is 15.6. The third kappa shape index (κ3) is 3.46. The molecule has 0 aromatic heterocycles. The van der Waals surface area contributed by atoms with Crippen molar-refractivity contribution in [2.75, 3.05) is 23.0 Å². The van der Waals surface area contributed by atoms with Crippen molar-refractivity contribution >= 4 is 33.1 Å². The van der Waals surface area contributed by atoms with Gasteiger partial charge in [0.25, 0.3) is 0 Å². The van der Waals surface area contributed by atoms with Crippen LogP contribution in [0.2, 0.25) is 5.02 Å². The first-order valence-electron chi connectivity index (χ1n) is 6.21. The maximum atomic E-state index is 11.7. The second kappa shape index (κ2) is 5.92. The van der Waals surface area contributed by atoms with E-state index in [-0.39, 0.29) is 35.1 Å². The summed E-state index contributed by atoms with van der Waals surface area (Å²) in [5.41, 5.74) is 0.708. The minimum atomic E-state index is -3.27. The van der Waals surface area contributed by atoms with Crippen molar-refractivity contribution in [3.05, 3.63) is 28.8 Å². The van der Waals surface area contributed by atoms with Gasteiger partial charge in [-0.2, -0.15) is 5.26 Å². The number of sulfone groups is 1. The molecule has 6 nitrogen and oxygen atoms in total. The highest BCUT2D eigenvalue weighted by molar-refractivity contribution is 7.91. The van der Waals surface area contributed by atoms with Gasteiger partial charge in [0.05, 0.1) is 40.2 Å². The molecule has 0 aliphatic carbocycles. The molecular formula is C13H13ClN2O4S. The number of halogens is 1. The summed E-state index contributed by atoms with van der Waals surface area (Å²) in [4.78, 5) is 12.6. The van der Waals surface area contributed by atoms with Crippen molar-refractivity contribution in [2.24, 2.45) is 0 Å². The van der Waals surface area contributed by atoms with Crippen molar-refractivity contribution < 1.29 is 18.3 Å². The van der Waals surface area contributed by atoms with Crippen LogP contribution in [0.1, 0.15) is 12.0 Å². The highest BCUT2D eigenvalue weighted by atomic mass is 35.5. The lowest BCUT2D eigenvalue weighted by Gasteiger charge is -2.37. The molecule has 21 heavy (non-hydrogen) atoms. The van der Waals surface area contributed by atoms with E-state index >= 15 is 0 Å². The van der Waals surface area contributed by atoms with E-state index in [9.17, 15) is 18.5 Å². The minimum Gasteiger partial charge on any atom is -0.481 e. The lowest BCUT2D eigenvalue weighted by atomic mass is 10.1. The number of carbonyl (C=O) groups is 1. The van der Waals surface area contributed by atoms with Crippen LogP contribution in [0.15, 0.2) is 18.2 Å². The first kappa shape index (κ1) is 15.6. The van der Waals surface area contributed by atoms with E-state index in [1.807, 2.05) is 6.07 Å². The Morgan fingerprint density at radius 3 is 2.86 bits per heavy atom. The molecule has 0 radical (unpaired) electrons. The summed E-state index contributed by atoms with van der Waals surface area (Å²) >= 11 is 5.97. The number of nitriles is 1. The summed E-state index contributed by atoms with van der Waals surface area (Å²) < 4.78 is 23.5. The summed E-state index contributed by atoms with van der Waals surface area (Å²) in [6, 6.07) is 6.15. The molecule has 1 atom stereocenters. The van der Waals surface area contributed by atoms with E-state index in [0.29, 0.717) is 5.69 Å². The maximum Gasteiger partial charge on any atom is 0.305 e. The van der Waals surface area contributed by atoms with Gasteiger partial charge >= 0.3 is 5.97 Å². The third-order valence-electron chi connectivity index (χ3n) is 3.35. The molecule has 1 aromatic rings. The lowest BCUT2D eigenvalue weighted by Crippen LogP contribution is -2.49. The Kier molecular flexibility index (Phi) is 4.40. The van der Waals surface area contributed by atoms with Crippen LogP contribution in [0.4, 0.5) is 5.69 Å². The fraction of sp³-hybridized carbons (Fsp3) is 0.385. The van der Waals surface area contributed by atoms with E-state index in [4.69, 9.17) is 16.7 Å². The van der Waals surface area contributed by atoms with Gasteiger partial charge in [0.2, 0.25) is 0 Å². The normalized spacial score (nSPS) is 20.8. The topological polar surface area (TPSA) is 98.5 Å². The molecule has 1 N–H and O–H groups in total. The number of rotatable bonds is 3. The van der Waals surface area contributed by atoms with Gasteiger partial charge in [-0.25, -0.2) is 8.42 Å². The Bertz CT molecular complexity index is 711. The number of benzene rings is 1. The van der Waals surface area contributed by atoms with Gasteiger partial charge in [-0.05, 0) is 12.1 Å². The largest absolute Gasteiger partial charge is 0.481 e. The van der Waals surface area contributed by atoms with Gasteiger partial charge in [0, 0.05) is 6.54 Å². The monoisotopic (exact) mass is 328 g/mol. The van der Waals surface area contributed by atoms with Crippen LogP contribution in [-0.2, 0) is 14.6 Å². The van der Waals surface area contributed by atoms with Crippen molar-refractivity contribution in [3.63, 3.8) is 0 Å². The van der Waals surface area contributed by atoms with Gasteiger partial charge < -0.3 is 10.0 Å². The Hall–Kier alpha value is -1.78. The van der Waals surface area contributed by atoms with Crippen LogP contribution in [0.5, 0.6) is 0 Å². The van der Waals surface area contributed by atoms with E-state index < -0.39 is 21.8 Å². The number of carboxylic acids is 1. The first-order chi connectivity index (χ1) is 9.84. The van der Waals surface area contributed by atoms with Gasteiger partial charge in [-0.3, -0.25) is 4.79 Å². The summed E-state index contributed by atoms with van der Waals surface area (Å²) in [7, 11) is -3.27. The quantitative estimate of drug-likeness (QED) is 0.897. The average molecular weight is 329 g/mol. The summed E-state index contributed by atoms with van der Waals surface area (Å²) in [6.45, 7) is 0.148. The van der Waals surface area contributed by atoms with E-state index in [1.54, 1.807) is 23.1 Å². The Morgan fingerprint density at radius 1 is 1.52 bits per heavy atom. The van der Waals surface area contributed by atoms with Gasteiger partial charge in [-0.1, -0.05) is 17.7 Å². The fourth-order valence-electron chi connectivity index (χ4n) is 2.44. The molecule has 1 unspecified atom stereocenters. The van der Waals surface area contributed by atoms with Crippen molar-refractivity contribution in [1.82, 2.24) is 0 Å². The van der Waals surface area contributed by atoms with E-state index in [0.717, 1.165) is 0 Å². The van der Waals surface area contributed by atoms with Crippen LogP contribution in [0, 0.1) is 11.3 Å². The van der Waals surface area contributed by atoms with Crippen LogP contribution in [0.25, 0.3) is 0 Å². The van der Waals surface area contributed by atoms with Gasteiger partial charge in [-0.15, -0.1) is 0 Å². The molecule has 0 saturated carbocycles. The molecule has 1 aliphatic rings. The molecule has 8 heteroatoms. The number of hydrogen-bond acceptors (Lipinski definition) is 5. The molecule has 1 aromatic carbocycles. The van der Waals surface area contributed by atoms with Crippen LogP contribution >= 0.6 is 11.6 Å². The number of anilines is 1. The number of hydrogen-bond donors (Lipinski definition) is 1. The zero-order valence-corrected chi connectivity index (χ0v) is 12.6. The molecule has 1 fully saturated rings. The minimum absolute atomic E-state index is 0.0689. The summed E-state index contributed by atoms with van der Waals surface area (Å²) in [5, 5.41) is 18.4. The molecule has 0 spiro atoms. The number of carboxylic acid groups (broad SMARTS) is 1. The first-order valence-corrected chi connectivity index (χ1v) is 8.41. The maximum absolute atomic E-state index is 11.7. The third-order valence-corrected chi connectivity index (χ3v) is 5.37. The summed E-state index contributed by atoms with van der Waals surface area (Å²) in [6.07, 6.45) is -0.309. The van der Waals surface area contributed by atoms with Crippen molar-refractivity contribution in [2.45, 2.75) is 12.5 Å². The average Bonchev–Trinajstić information content (AvgIpc) is 2.37. The second-order valence-electron chi connectivity index (χ2n) is 4.81. The molecular weight excluding hydrogens is 316 g/mol. The molecule has 0 bridgehead atoms. The lowest BCUT2D eigenvalue weighted by molar-refractivity contribution is -0.137. The molecule has 0 amide bonds. The predicted octanol–water partition coefficient (Wildman–Crippen LogP) is 1.29. The molecule has 2 rings (SSSR count). The smallest absolute Gasteiger partial charge is 0.305 e. The molecule has 1 aliphatic heterocycles. The van der Waals surface area contributed by atoms with Crippen LogP contribution < -0.4 is 4.90 Å². The van der Waals surface area contributed by atoms with Gasteiger partial charge in [0.1, 0.15) is 6.07 Å². The Morgan fingerprint density at radius 2 is 2.24 bits per heavy atom. The highest BCUT2D eigenvalue weighted by Crippen LogP contribution is 2.30. The zero-order valence-electron chi connectivity index (χ0n) is 11.0. The summed E-state index contributed by atoms with van der Waals surface area (Å²) in [5.74, 6) is -1.39. The SMILES string of the molecule is N#Cc1c(Cl)cccc1N1CCS(=O)(=O)CC1CC(=O)O. The standard InChI is InChI=1S/C13H13ClN2O4S/c14-11-2-1-3-12(10(11)7-15)16-4-5-21(19,20)8-9(16)6-13(17)18/h1-3,9H,4-6,8H2,(H,17,18). The van der Waals surface area contributed by atoms with Crippen molar-refractivity contribution in [3.8, 4) is 6.07 Å². The Labute approximate surface area is 127 Å². The Balaban J connectivity index is 2.44. The van der Waals surface area contributed by atoms with Gasteiger partial charge in [0.15, 0.2) is 9.84 Å². The van der Waals surface area contributed by atoms with Crippen LogP contribution in [0.3, 0.4) is 0 Å². The van der Waals surface area contributed by atoms with Crippen LogP contribution in [-0.4, -0.2) is 43.6 Å². The number of nitrogens with zero attached hydrogens (tertiary/aromatic N) is 2. The molecule has 112 valence electrons. The second-order valence-corrected chi connectivity index (χ2v) is 7.44.